The monoisotopic (exact) mass is 189 g/mol. The van der Waals surface area contributed by atoms with E-state index in [2.05, 4.69) is 18.7 Å². The van der Waals surface area contributed by atoms with Gasteiger partial charge in [0.15, 0.2) is 0 Å². The summed E-state index contributed by atoms with van der Waals surface area (Å²) in [5.41, 5.74) is 0. The lowest BCUT2D eigenvalue weighted by Gasteiger charge is -2.16. The minimum atomic E-state index is 0.590. The van der Waals surface area contributed by atoms with Crippen LogP contribution in [0, 0.1) is 0 Å². The van der Waals surface area contributed by atoms with E-state index in [9.17, 15) is 0 Å². The van der Waals surface area contributed by atoms with Crippen molar-refractivity contribution in [3.8, 4) is 0 Å². The Morgan fingerprint density at radius 1 is 1.42 bits per heavy atom. The van der Waals surface area contributed by atoms with Gasteiger partial charge < -0.3 is 9.64 Å². The summed E-state index contributed by atoms with van der Waals surface area (Å²) in [4.78, 5) is 2.46. The Labute approximate surface area is 79.6 Å². The molecule has 0 spiro atoms. The van der Waals surface area contributed by atoms with Gasteiger partial charge in [-0.05, 0) is 13.1 Å². The molecule has 0 N–H and O–H groups in total. The Hall–Kier alpha value is 0.270. The predicted octanol–water partition coefficient (Wildman–Crippen LogP) is 1.46. The molecule has 1 fully saturated rings. The molecule has 0 aliphatic carbocycles. The van der Waals surface area contributed by atoms with Gasteiger partial charge in [-0.15, -0.1) is 0 Å². The Bertz CT molecular complexity index is 113. The normalized spacial score (nSPS) is 21.8. The van der Waals surface area contributed by atoms with E-state index in [0.717, 1.165) is 6.61 Å². The van der Waals surface area contributed by atoms with Crippen molar-refractivity contribution in [2.45, 2.75) is 20.0 Å². The van der Waals surface area contributed by atoms with Crippen LogP contribution in [0.15, 0.2) is 0 Å². The zero-order valence-corrected chi connectivity index (χ0v) is 8.90. The molecule has 1 heterocycles. The predicted molar refractivity (Wildman–Crippen MR) is 54.9 cm³/mol. The first-order valence-corrected chi connectivity index (χ1v) is 5.94. The third-order valence-electron chi connectivity index (χ3n) is 2.15. The maximum absolute atomic E-state index is 5.13. The van der Waals surface area contributed by atoms with Crippen LogP contribution in [0.2, 0.25) is 0 Å². The third kappa shape index (κ3) is 4.33. The summed E-state index contributed by atoms with van der Waals surface area (Å²) in [5, 5.41) is 0. The number of hydrogen-bond donors (Lipinski definition) is 0. The highest BCUT2D eigenvalue weighted by Crippen LogP contribution is 2.15. The van der Waals surface area contributed by atoms with E-state index in [1.165, 1.54) is 31.1 Å². The highest BCUT2D eigenvalue weighted by molar-refractivity contribution is 7.99. The van der Waals surface area contributed by atoms with Crippen LogP contribution < -0.4 is 0 Å². The number of rotatable bonds is 7. The second kappa shape index (κ2) is 5.84. The van der Waals surface area contributed by atoms with Gasteiger partial charge in [0.2, 0.25) is 0 Å². The molecule has 0 aromatic heterocycles. The minimum absolute atomic E-state index is 0.590. The average Bonchev–Trinajstić information content (AvgIpc) is 2.89. The lowest BCUT2D eigenvalue weighted by Crippen LogP contribution is -2.25. The number of nitrogens with zero attached hydrogens (tertiary/aromatic N) is 1. The molecule has 1 aliphatic heterocycles. The topological polar surface area (TPSA) is 15.8 Å². The summed E-state index contributed by atoms with van der Waals surface area (Å²) >= 11 is 2.02. The molecule has 1 rings (SSSR count). The van der Waals surface area contributed by atoms with Crippen molar-refractivity contribution >= 4 is 11.8 Å². The van der Waals surface area contributed by atoms with Crippen LogP contribution in [0.25, 0.3) is 0 Å². The molecule has 0 radical (unpaired) electrons. The maximum atomic E-state index is 5.13. The first-order valence-electron chi connectivity index (χ1n) is 4.78. The Morgan fingerprint density at radius 2 is 2.08 bits per heavy atom. The molecule has 12 heavy (non-hydrogen) atoms. The molecule has 1 saturated heterocycles. The van der Waals surface area contributed by atoms with E-state index in [-0.39, 0.29) is 0 Å². The van der Waals surface area contributed by atoms with Crippen molar-refractivity contribution in [1.82, 2.24) is 4.90 Å². The molecule has 72 valence electrons. The SMILES string of the molecule is CCN(CC)CCSCC1CO1. The lowest BCUT2D eigenvalue weighted by atomic mass is 10.5. The van der Waals surface area contributed by atoms with Crippen molar-refractivity contribution in [1.29, 1.82) is 0 Å². The summed E-state index contributed by atoms with van der Waals surface area (Å²) in [5.74, 6) is 2.45. The summed E-state index contributed by atoms with van der Waals surface area (Å²) < 4.78 is 5.13. The second-order valence-electron chi connectivity index (χ2n) is 3.06. The molecule has 0 aromatic carbocycles. The van der Waals surface area contributed by atoms with Crippen molar-refractivity contribution < 1.29 is 4.74 Å². The maximum Gasteiger partial charge on any atom is 0.0900 e. The van der Waals surface area contributed by atoms with Crippen LogP contribution in [0.5, 0.6) is 0 Å². The molecule has 0 saturated carbocycles. The van der Waals surface area contributed by atoms with Crippen molar-refractivity contribution in [2.24, 2.45) is 0 Å². The summed E-state index contributed by atoms with van der Waals surface area (Å²) in [6.45, 7) is 9.02. The number of thioether (sulfide) groups is 1. The first kappa shape index (κ1) is 10.4. The molecule has 0 aromatic rings. The number of ether oxygens (including phenoxy) is 1. The fourth-order valence-corrected chi connectivity index (χ4v) is 2.12. The van der Waals surface area contributed by atoms with Crippen LogP contribution >= 0.6 is 11.8 Å². The quantitative estimate of drug-likeness (QED) is 0.445. The fourth-order valence-electron chi connectivity index (χ4n) is 1.11. The molecule has 1 atom stereocenters. The molecular formula is C9H19NOS. The third-order valence-corrected chi connectivity index (χ3v) is 3.23. The molecule has 1 unspecified atom stereocenters. The summed E-state index contributed by atoms with van der Waals surface area (Å²) in [6.07, 6.45) is 0.590. The van der Waals surface area contributed by atoms with Crippen LogP contribution in [-0.4, -0.2) is 48.8 Å². The van der Waals surface area contributed by atoms with Gasteiger partial charge in [-0.2, -0.15) is 11.8 Å². The first-order chi connectivity index (χ1) is 5.86. The fraction of sp³-hybridized carbons (Fsp3) is 1.00. The molecule has 0 amide bonds. The van der Waals surface area contributed by atoms with Crippen LogP contribution in [-0.2, 0) is 4.74 Å². The van der Waals surface area contributed by atoms with Crippen LogP contribution in [0.4, 0.5) is 0 Å². The largest absolute Gasteiger partial charge is 0.372 e. The zero-order chi connectivity index (χ0) is 8.81. The van der Waals surface area contributed by atoms with Crippen LogP contribution in [0.3, 0.4) is 0 Å². The summed E-state index contributed by atoms with van der Waals surface area (Å²) in [7, 11) is 0. The number of hydrogen-bond acceptors (Lipinski definition) is 3. The molecule has 2 nitrogen and oxygen atoms in total. The van der Waals surface area contributed by atoms with Gasteiger partial charge in [-0.25, -0.2) is 0 Å². The van der Waals surface area contributed by atoms with E-state index in [4.69, 9.17) is 4.74 Å². The lowest BCUT2D eigenvalue weighted by molar-refractivity contribution is 0.324. The van der Waals surface area contributed by atoms with E-state index in [1.54, 1.807) is 0 Å². The van der Waals surface area contributed by atoms with Crippen molar-refractivity contribution in [3.05, 3.63) is 0 Å². The smallest absolute Gasteiger partial charge is 0.0900 e. The van der Waals surface area contributed by atoms with Gasteiger partial charge in [0.05, 0.1) is 12.7 Å². The Kier molecular flexibility index (Phi) is 5.04. The van der Waals surface area contributed by atoms with E-state index in [0.29, 0.717) is 6.10 Å². The molecule has 1 aliphatic rings. The van der Waals surface area contributed by atoms with Gasteiger partial charge in [-0.1, -0.05) is 13.8 Å². The standard InChI is InChI=1S/C9H19NOS/c1-3-10(4-2)5-6-12-8-9-7-11-9/h9H,3-8H2,1-2H3. The van der Waals surface area contributed by atoms with Crippen molar-refractivity contribution in [2.75, 3.05) is 37.7 Å². The summed E-state index contributed by atoms with van der Waals surface area (Å²) in [6, 6.07) is 0. The highest BCUT2D eigenvalue weighted by Gasteiger charge is 2.21. The van der Waals surface area contributed by atoms with Gasteiger partial charge in [-0.3, -0.25) is 0 Å². The highest BCUT2D eigenvalue weighted by atomic mass is 32.2. The van der Waals surface area contributed by atoms with Gasteiger partial charge in [0.25, 0.3) is 0 Å². The van der Waals surface area contributed by atoms with Crippen molar-refractivity contribution in [3.63, 3.8) is 0 Å². The van der Waals surface area contributed by atoms with E-state index in [1.807, 2.05) is 11.8 Å². The Balaban J connectivity index is 1.85. The van der Waals surface area contributed by atoms with Crippen LogP contribution in [0.1, 0.15) is 13.8 Å². The molecular weight excluding hydrogens is 170 g/mol. The van der Waals surface area contributed by atoms with Gasteiger partial charge >= 0.3 is 0 Å². The second-order valence-corrected chi connectivity index (χ2v) is 4.21. The molecule has 3 heteroatoms. The van der Waals surface area contributed by atoms with Gasteiger partial charge in [0, 0.05) is 18.1 Å². The minimum Gasteiger partial charge on any atom is -0.372 e. The molecule has 0 bridgehead atoms. The van der Waals surface area contributed by atoms with E-state index >= 15 is 0 Å². The van der Waals surface area contributed by atoms with E-state index < -0.39 is 0 Å². The average molecular weight is 189 g/mol. The zero-order valence-electron chi connectivity index (χ0n) is 8.08. The Morgan fingerprint density at radius 3 is 2.58 bits per heavy atom. The number of epoxide rings is 1. The van der Waals surface area contributed by atoms with Gasteiger partial charge in [0.1, 0.15) is 0 Å².